The average molecular weight is 365 g/mol. The van der Waals surface area contributed by atoms with Crippen LogP contribution in [0, 0.1) is 6.92 Å². The van der Waals surface area contributed by atoms with E-state index in [-0.39, 0.29) is 0 Å². The Hall–Kier alpha value is -1.63. The summed E-state index contributed by atoms with van der Waals surface area (Å²) in [6.07, 6.45) is 2.13. The van der Waals surface area contributed by atoms with Gasteiger partial charge in [-0.05, 0) is 47.8 Å². The molecule has 3 rings (SSSR count). The van der Waals surface area contributed by atoms with Gasteiger partial charge in [-0.1, -0.05) is 0 Å². The van der Waals surface area contributed by atoms with E-state index in [0.717, 1.165) is 53.7 Å². The summed E-state index contributed by atoms with van der Waals surface area (Å²) in [7, 11) is 3.89. The molecule has 0 spiro atoms. The fourth-order valence-electron chi connectivity index (χ4n) is 3.01. The van der Waals surface area contributed by atoms with E-state index in [4.69, 9.17) is 0 Å². The Balaban J connectivity index is 1.72. The van der Waals surface area contributed by atoms with Crippen molar-refractivity contribution in [2.24, 2.45) is 7.05 Å². The summed E-state index contributed by atoms with van der Waals surface area (Å²) in [6.45, 7) is 4.00. The Kier molecular flexibility index (Phi) is 4.33. The van der Waals surface area contributed by atoms with Crippen LogP contribution in [0.5, 0.6) is 0 Å². The van der Waals surface area contributed by atoms with Gasteiger partial charge in [-0.2, -0.15) is 0 Å². The smallest absolute Gasteiger partial charge is 0.224 e. The molecule has 3 heterocycles. The highest BCUT2D eigenvalue weighted by Gasteiger charge is 2.26. The number of pyridine rings is 1. The van der Waals surface area contributed by atoms with E-state index in [0.29, 0.717) is 5.92 Å². The van der Waals surface area contributed by atoms with Crippen LogP contribution in [0.3, 0.4) is 0 Å². The molecule has 0 atom stereocenters. The molecule has 0 aliphatic carbocycles. The van der Waals surface area contributed by atoms with Gasteiger partial charge in [0.15, 0.2) is 0 Å². The lowest BCUT2D eigenvalue weighted by atomic mass is 9.96. The number of hydrogen-bond donors (Lipinski definition) is 1. The zero-order chi connectivity index (χ0) is 15.7. The third-order valence-corrected chi connectivity index (χ3v) is 4.88. The highest BCUT2D eigenvalue weighted by Crippen LogP contribution is 2.32. The van der Waals surface area contributed by atoms with Crippen LogP contribution in [0.4, 0.5) is 11.8 Å². The second kappa shape index (κ2) is 6.24. The Morgan fingerprint density at radius 2 is 1.95 bits per heavy atom. The largest absolute Gasteiger partial charge is 0.357 e. The molecule has 118 valence electrons. The van der Waals surface area contributed by atoms with E-state index in [1.54, 1.807) is 0 Å². The summed E-state index contributed by atoms with van der Waals surface area (Å²) in [4.78, 5) is 7.02. The first kappa shape index (κ1) is 15.3. The SMILES string of the molecule is CNc1nnc(C2CCN(c3nc(C)ccc3Br)CC2)n1C. The first-order valence-corrected chi connectivity index (χ1v) is 8.34. The minimum atomic E-state index is 0.458. The van der Waals surface area contributed by atoms with Gasteiger partial charge in [0.05, 0.1) is 4.47 Å². The highest BCUT2D eigenvalue weighted by atomic mass is 79.9. The van der Waals surface area contributed by atoms with E-state index < -0.39 is 0 Å². The Bertz CT molecular complexity index is 660. The van der Waals surface area contributed by atoms with Crippen molar-refractivity contribution in [3.05, 3.63) is 28.1 Å². The van der Waals surface area contributed by atoms with E-state index in [1.807, 2.05) is 27.1 Å². The maximum atomic E-state index is 4.66. The molecule has 1 saturated heterocycles. The normalized spacial score (nSPS) is 16.1. The van der Waals surface area contributed by atoms with Crippen molar-refractivity contribution < 1.29 is 0 Å². The third-order valence-electron chi connectivity index (χ3n) is 4.26. The molecule has 1 aliphatic heterocycles. The van der Waals surface area contributed by atoms with Gasteiger partial charge in [0, 0.05) is 38.8 Å². The summed E-state index contributed by atoms with van der Waals surface area (Å²) >= 11 is 3.61. The predicted octanol–water partition coefficient (Wildman–Crippen LogP) is 2.71. The summed E-state index contributed by atoms with van der Waals surface area (Å²) in [5.41, 5.74) is 1.05. The number of halogens is 1. The number of aromatic nitrogens is 4. The standard InChI is InChI=1S/C15H21BrN6/c1-10-4-5-12(16)14(18-10)22-8-6-11(7-9-22)13-19-20-15(17-2)21(13)3/h4-5,11H,6-9H2,1-3H3,(H,17,20). The molecule has 6 nitrogen and oxygen atoms in total. The van der Waals surface area contributed by atoms with Crippen LogP contribution in [0.25, 0.3) is 0 Å². The van der Waals surface area contributed by atoms with Gasteiger partial charge in [0.2, 0.25) is 5.95 Å². The molecule has 22 heavy (non-hydrogen) atoms. The highest BCUT2D eigenvalue weighted by molar-refractivity contribution is 9.10. The maximum absolute atomic E-state index is 4.66. The fraction of sp³-hybridized carbons (Fsp3) is 0.533. The molecule has 0 bridgehead atoms. The Morgan fingerprint density at radius 3 is 2.59 bits per heavy atom. The third kappa shape index (κ3) is 2.82. The first-order chi connectivity index (χ1) is 10.6. The molecular weight excluding hydrogens is 344 g/mol. The Morgan fingerprint density at radius 1 is 1.23 bits per heavy atom. The average Bonchev–Trinajstić information content (AvgIpc) is 2.91. The lowest BCUT2D eigenvalue weighted by Crippen LogP contribution is -2.34. The second-order valence-corrected chi connectivity index (χ2v) is 6.56. The van der Waals surface area contributed by atoms with E-state index >= 15 is 0 Å². The maximum Gasteiger partial charge on any atom is 0.224 e. The monoisotopic (exact) mass is 364 g/mol. The van der Waals surface area contributed by atoms with Crippen molar-refractivity contribution in [1.29, 1.82) is 0 Å². The lowest BCUT2D eigenvalue weighted by Gasteiger charge is -2.33. The predicted molar refractivity (Wildman–Crippen MR) is 91.4 cm³/mol. The molecule has 1 aliphatic rings. The molecule has 7 heteroatoms. The molecule has 0 amide bonds. The molecule has 0 saturated carbocycles. The zero-order valence-electron chi connectivity index (χ0n) is 13.2. The van der Waals surface area contributed by atoms with Gasteiger partial charge in [-0.25, -0.2) is 4.98 Å². The number of aryl methyl sites for hydroxylation is 1. The molecule has 0 radical (unpaired) electrons. The zero-order valence-corrected chi connectivity index (χ0v) is 14.8. The van der Waals surface area contributed by atoms with E-state index in [9.17, 15) is 0 Å². The van der Waals surface area contributed by atoms with Crippen LogP contribution in [0.15, 0.2) is 16.6 Å². The summed E-state index contributed by atoms with van der Waals surface area (Å²) < 4.78 is 3.12. The molecule has 1 fully saturated rings. The number of anilines is 2. The number of hydrogen-bond acceptors (Lipinski definition) is 5. The van der Waals surface area contributed by atoms with Crippen LogP contribution in [0.1, 0.15) is 30.3 Å². The number of nitrogens with one attached hydrogen (secondary N) is 1. The molecule has 0 unspecified atom stereocenters. The fourth-order valence-corrected chi connectivity index (χ4v) is 3.48. The van der Waals surface area contributed by atoms with Crippen molar-refractivity contribution in [1.82, 2.24) is 19.7 Å². The van der Waals surface area contributed by atoms with Crippen LogP contribution >= 0.6 is 15.9 Å². The summed E-state index contributed by atoms with van der Waals surface area (Å²) in [5.74, 6) is 3.40. The number of nitrogens with zero attached hydrogens (tertiary/aromatic N) is 5. The van der Waals surface area contributed by atoms with Crippen LogP contribution < -0.4 is 10.2 Å². The van der Waals surface area contributed by atoms with Crippen molar-refractivity contribution in [3.63, 3.8) is 0 Å². The lowest BCUT2D eigenvalue weighted by molar-refractivity contribution is 0.472. The van der Waals surface area contributed by atoms with Crippen LogP contribution in [-0.4, -0.2) is 39.9 Å². The first-order valence-electron chi connectivity index (χ1n) is 7.55. The minimum Gasteiger partial charge on any atom is -0.357 e. The van der Waals surface area contributed by atoms with Gasteiger partial charge >= 0.3 is 0 Å². The topological polar surface area (TPSA) is 58.9 Å². The molecule has 1 N–H and O–H groups in total. The number of piperidine rings is 1. The van der Waals surface area contributed by atoms with Gasteiger partial charge in [-0.3, -0.25) is 0 Å². The van der Waals surface area contributed by atoms with Crippen LogP contribution in [-0.2, 0) is 7.05 Å². The number of rotatable bonds is 3. The van der Waals surface area contributed by atoms with Crippen molar-refractivity contribution in [2.75, 3.05) is 30.4 Å². The van der Waals surface area contributed by atoms with Crippen molar-refractivity contribution in [3.8, 4) is 0 Å². The van der Waals surface area contributed by atoms with Gasteiger partial charge < -0.3 is 14.8 Å². The Labute approximate surface area is 139 Å². The summed E-state index contributed by atoms with van der Waals surface area (Å²) in [5, 5.41) is 11.6. The van der Waals surface area contributed by atoms with E-state index in [1.165, 1.54) is 0 Å². The molecule has 2 aromatic rings. The van der Waals surface area contributed by atoms with Crippen LogP contribution in [0.2, 0.25) is 0 Å². The molecule has 0 aromatic carbocycles. The van der Waals surface area contributed by atoms with E-state index in [2.05, 4.69) is 52.0 Å². The second-order valence-electron chi connectivity index (χ2n) is 5.71. The van der Waals surface area contributed by atoms with Crippen molar-refractivity contribution >= 4 is 27.7 Å². The van der Waals surface area contributed by atoms with Gasteiger partial charge in [-0.15, -0.1) is 10.2 Å². The molecule has 2 aromatic heterocycles. The quantitative estimate of drug-likeness (QED) is 0.907. The minimum absolute atomic E-state index is 0.458. The van der Waals surface area contributed by atoms with Gasteiger partial charge in [0.25, 0.3) is 0 Å². The molecular formula is C15H21BrN6. The summed E-state index contributed by atoms with van der Waals surface area (Å²) in [6, 6.07) is 4.10. The van der Waals surface area contributed by atoms with Gasteiger partial charge in [0.1, 0.15) is 11.6 Å². The van der Waals surface area contributed by atoms with Crippen molar-refractivity contribution in [2.45, 2.75) is 25.7 Å².